The molecule has 1 aromatic carbocycles. The summed E-state index contributed by atoms with van der Waals surface area (Å²) in [6.45, 7) is 1.41. The Balaban J connectivity index is 1.94. The number of amides is 2. The predicted octanol–water partition coefficient (Wildman–Crippen LogP) is 1.30. The third kappa shape index (κ3) is 3.92. The molecule has 0 unspecified atom stereocenters. The number of carbonyl (C=O) groups excluding carboxylic acids is 2. The van der Waals surface area contributed by atoms with Gasteiger partial charge in [-0.3, -0.25) is 14.5 Å². The minimum absolute atomic E-state index is 0.139. The largest absolute Gasteiger partial charge is 0.369 e. The van der Waals surface area contributed by atoms with Crippen LogP contribution in [0.25, 0.3) is 0 Å². The fourth-order valence-electron chi connectivity index (χ4n) is 2.42. The zero-order valence-electron chi connectivity index (χ0n) is 11.7. The number of primary amides is 1. The Kier molecular flexibility index (Phi) is 5.31. The minimum atomic E-state index is -1.06. The molecule has 120 valence electrons. The average Bonchev–Trinajstić information content (AvgIpc) is 2.46. The van der Waals surface area contributed by atoms with Crippen LogP contribution in [0.1, 0.15) is 23.2 Å². The van der Waals surface area contributed by atoms with Gasteiger partial charge in [0.2, 0.25) is 5.91 Å². The zero-order chi connectivity index (χ0) is 16.3. The Bertz CT molecular complexity index is 590. The van der Waals surface area contributed by atoms with Crippen LogP contribution in [0.4, 0.5) is 8.78 Å². The average molecular weight is 332 g/mol. The maximum atomic E-state index is 13.8. The number of carbonyl (C=O) groups is 2. The number of nitrogens with one attached hydrogen (secondary N) is 1. The number of hydrogen-bond donors (Lipinski definition) is 2. The first-order chi connectivity index (χ1) is 10.4. The number of rotatable bonds is 4. The molecule has 2 amide bonds. The highest BCUT2D eigenvalue weighted by atomic mass is 35.5. The molecular weight excluding hydrogens is 316 g/mol. The maximum absolute atomic E-state index is 13.8. The first-order valence-corrected chi connectivity index (χ1v) is 7.21. The summed E-state index contributed by atoms with van der Waals surface area (Å²) in [6.07, 6.45) is 1.24. The smallest absolute Gasteiger partial charge is 0.254 e. The number of hydrogen-bond acceptors (Lipinski definition) is 3. The van der Waals surface area contributed by atoms with Crippen molar-refractivity contribution in [2.24, 2.45) is 5.73 Å². The van der Waals surface area contributed by atoms with E-state index in [0.29, 0.717) is 25.9 Å². The lowest BCUT2D eigenvalue weighted by atomic mass is 10.0. The lowest BCUT2D eigenvalue weighted by molar-refractivity contribution is -0.119. The standard InChI is InChI=1S/C14H16ClF2N3O2/c15-12-10(16)2-1-9(13(12)17)14(22)19-8-3-5-20(6-4-8)7-11(18)21/h1-2,8H,3-7H2,(H2,18,21)(H,19,22). The van der Waals surface area contributed by atoms with Crippen molar-refractivity contribution in [3.05, 3.63) is 34.4 Å². The van der Waals surface area contributed by atoms with Gasteiger partial charge in [0, 0.05) is 19.1 Å². The summed E-state index contributed by atoms with van der Waals surface area (Å²) in [5.74, 6) is -3.00. The van der Waals surface area contributed by atoms with Gasteiger partial charge in [0.25, 0.3) is 5.91 Å². The molecule has 0 atom stereocenters. The molecule has 2 rings (SSSR count). The van der Waals surface area contributed by atoms with E-state index in [4.69, 9.17) is 17.3 Å². The summed E-state index contributed by atoms with van der Waals surface area (Å²) in [7, 11) is 0. The van der Waals surface area contributed by atoms with Gasteiger partial charge in [0.1, 0.15) is 10.8 Å². The third-order valence-electron chi connectivity index (χ3n) is 3.58. The van der Waals surface area contributed by atoms with Crippen molar-refractivity contribution >= 4 is 23.4 Å². The van der Waals surface area contributed by atoms with Crippen LogP contribution in [0.15, 0.2) is 12.1 Å². The topological polar surface area (TPSA) is 75.4 Å². The Morgan fingerprint density at radius 3 is 2.55 bits per heavy atom. The second-order valence-corrected chi connectivity index (χ2v) is 5.59. The Labute approximate surface area is 131 Å². The maximum Gasteiger partial charge on any atom is 0.254 e. The lowest BCUT2D eigenvalue weighted by Gasteiger charge is -2.31. The molecule has 8 heteroatoms. The highest BCUT2D eigenvalue weighted by Gasteiger charge is 2.24. The molecule has 0 saturated carbocycles. The fourth-order valence-corrected chi connectivity index (χ4v) is 2.59. The molecule has 1 saturated heterocycles. The van der Waals surface area contributed by atoms with Gasteiger partial charge in [-0.25, -0.2) is 8.78 Å². The molecule has 0 radical (unpaired) electrons. The first kappa shape index (κ1) is 16.6. The number of nitrogens with two attached hydrogens (primary N) is 1. The van der Waals surface area contributed by atoms with Crippen LogP contribution in [-0.2, 0) is 4.79 Å². The molecule has 0 bridgehead atoms. The third-order valence-corrected chi connectivity index (χ3v) is 3.93. The lowest BCUT2D eigenvalue weighted by Crippen LogP contribution is -2.46. The van der Waals surface area contributed by atoms with E-state index < -0.39 is 28.5 Å². The number of likely N-dealkylation sites (tertiary alicyclic amines) is 1. The van der Waals surface area contributed by atoms with E-state index in [1.165, 1.54) is 0 Å². The molecule has 5 nitrogen and oxygen atoms in total. The van der Waals surface area contributed by atoms with Crippen molar-refractivity contribution in [1.29, 1.82) is 0 Å². The van der Waals surface area contributed by atoms with Crippen molar-refractivity contribution in [3.63, 3.8) is 0 Å². The summed E-state index contributed by atoms with van der Waals surface area (Å²) in [5.41, 5.74) is 4.84. The Morgan fingerprint density at radius 1 is 1.32 bits per heavy atom. The minimum Gasteiger partial charge on any atom is -0.369 e. The van der Waals surface area contributed by atoms with Crippen LogP contribution in [0.2, 0.25) is 5.02 Å². The van der Waals surface area contributed by atoms with Gasteiger partial charge >= 0.3 is 0 Å². The summed E-state index contributed by atoms with van der Waals surface area (Å²) >= 11 is 5.46. The van der Waals surface area contributed by atoms with E-state index in [0.717, 1.165) is 12.1 Å². The molecule has 1 aliphatic heterocycles. The van der Waals surface area contributed by atoms with Crippen LogP contribution < -0.4 is 11.1 Å². The number of piperidine rings is 1. The van der Waals surface area contributed by atoms with Crippen LogP contribution in [0.3, 0.4) is 0 Å². The molecule has 0 aliphatic carbocycles. The van der Waals surface area contributed by atoms with E-state index >= 15 is 0 Å². The molecule has 1 aliphatic rings. The quantitative estimate of drug-likeness (QED) is 0.817. The Hall–Kier alpha value is -1.73. The van der Waals surface area contributed by atoms with Crippen LogP contribution >= 0.6 is 11.6 Å². The van der Waals surface area contributed by atoms with Crippen molar-refractivity contribution < 1.29 is 18.4 Å². The van der Waals surface area contributed by atoms with Crippen molar-refractivity contribution in [2.75, 3.05) is 19.6 Å². The summed E-state index contributed by atoms with van der Waals surface area (Å²) in [6, 6.07) is 1.88. The number of benzene rings is 1. The Morgan fingerprint density at radius 2 is 1.95 bits per heavy atom. The van der Waals surface area contributed by atoms with Crippen molar-refractivity contribution in [2.45, 2.75) is 18.9 Å². The highest BCUT2D eigenvalue weighted by molar-refractivity contribution is 6.31. The van der Waals surface area contributed by atoms with E-state index in [-0.39, 0.29) is 18.2 Å². The molecule has 1 fully saturated rings. The summed E-state index contributed by atoms with van der Waals surface area (Å²) < 4.78 is 26.9. The molecule has 22 heavy (non-hydrogen) atoms. The van der Waals surface area contributed by atoms with Crippen LogP contribution in [-0.4, -0.2) is 42.4 Å². The second-order valence-electron chi connectivity index (χ2n) is 5.21. The second kappa shape index (κ2) is 7.02. The summed E-state index contributed by atoms with van der Waals surface area (Å²) in [5, 5.41) is 2.00. The molecule has 3 N–H and O–H groups in total. The molecular formula is C14H16ClF2N3O2. The normalized spacial score (nSPS) is 16.5. The van der Waals surface area contributed by atoms with Gasteiger partial charge in [0.15, 0.2) is 5.82 Å². The summed E-state index contributed by atoms with van der Waals surface area (Å²) in [4.78, 5) is 24.8. The van der Waals surface area contributed by atoms with Crippen molar-refractivity contribution in [1.82, 2.24) is 10.2 Å². The molecule has 0 spiro atoms. The van der Waals surface area contributed by atoms with E-state index in [1.807, 2.05) is 4.90 Å². The fraction of sp³-hybridized carbons (Fsp3) is 0.429. The zero-order valence-corrected chi connectivity index (χ0v) is 12.5. The van der Waals surface area contributed by atoms with Crippen molar-refractivity contribution in [3.8, 4) is 0 Å². The van der Waals surface area contributed by atoms with Gasteiger partial charge in [0.05, 0.1) is 12.1 Å². The molecule has 1 aromatic rings. The van der Waals surface area contributed by atoms with Crippen LogP contribution in [0, 0.1) is 11.6 Å². The SMILES string of the molecule is NC(=O)CN1CCC(NC(=O)c2ccc(F)c(Cl)c2F)CC1. The van der Waals surface area contributed by atoms with Gasteiger partial charge < -0.3 is 11.1 Å². The molecule has 0 aromatic heterocycles. The first-order valence-electron chi connectivity index (χ1n) is 6.83. The van der Waals surface area contributed by atoms with Gasteiger partial charge in [-0.15, -0.1) is 0 Å². The predicted molar refractivity (Wildman–Crippen MR) is 77.5 cm³/mol. The van der Waals surface area contributed by atoms with Gasteiger partial charge in [-0.1, -0.05) is 11.6 Å². The van der Waals surface area contributed by atoms with Gasteiger partial charge in [-0.05, 0) is 25.0 Å². The van der Waals surface area contributed by atoms with Crippen LogP contribution in [0.5, 0.6) is 0 Å². The van der Waals surface area contributed by atoms with E-state index in [1.54, 1.807) is 0 Å². The number of nitrogens with zero attached hydrogens (tertiary/aromatic N) is 1. The van der Waals surface area contributed by atoms with E-state index in [2.05, 4.69) is 5.32 Å². The van der Waals surface area contributed by atoms with E-state index in [9.17, 15) is 18.4 Å². The molecule has 1 heterocycles. The number of halogens is 3. The monoisotopic (exact) mass is 331 g/mol. The highest BCUT2D eigenvalue weighted by Crippen LogP contribution is 2.22. The van der Waals surface area contributed by atoms with Gasteiger partial charge in [-0.2, -0.15) is 0 Å².